The highest BCUT2D eigenvalue weighted by Crippen LogP contribution is 2.25. The lowest BCUT2D eigenvalue weighted by molar-refractivity contribution is -0.385. The van der Waals surface area contributed by atoms with Crippen molar-refractivity contribution in [2.45, 2.75) is 11.8 Å². The van der Waals surface area contributed by atoms with Crippen molar-refractivity contribution < 1.29 is 4.92 Å². The van der Waals surface area contributed by atoms with E-state index in [-0.39, 0.29) is 10.6 Å². The van der Waals surface area contributed by atoms with E-state index in [1.807, 2.05) is 29.6 Å². The maximum Gasteiger partial charge on any atom is 0.275 e. The van der Waals surface area contributed by atoms with Crippen LogP contribution in [-0.2, 0) is 6.54 Å². The number of benzene rings is 1. The van der Waals surface area contributed by atoms with Gasteiger partial charge in [-0.15, -0.1) is 0 Å². The number of nitrogens with one attached hydrogen (secondary N) is 1. The van der Waals surface area contributed by atoms with E-state index in [2.05, 4.69) is 21.2 Å². The van der Waals surface area contributed by atoms with Gasteiger partial charge in [0.05, 0.1) is 4.92 Å². The number of nitro groups is 1. The minimum absolute atomic E-state index is 0.174. The van der Waals surface area contributed by atoms with Gasteiger partial charge in [0.2, 0.25) is 0 Å². The molecule has 2 rings (SSSR count). The predicted molar refractivity (Wildman–Crippen MR) is 86.1 cm³/mol. The van der Waals surface area contributed by atoms with Gasteiger partial charge in [-0.05, 0) is 12.1 Å². The summed E-state index contributed by atoms with van der Waals surface area (Å²) in [7, 11) is 0. The molecule has 0 aliphatic carbocycles. The van der Waals surface area contributed by atoms with E-state index < -0.39 is 0 Å². The van der Waals surface area contributed by atoms with Crippen molar-refractivity contribution in [3.05, 3.63) is 38.3 Å². The zero-order valence-electron chi connectivity index (χ0n) is 10.3. The third-order valence-corrected chi connectivity index (χ3v) is 6.15. The van der Waals surface area contributed by atoms with Crippen molar-refractivity contribution in [1.82, 2.24) is 5.32 Å². The van der Waals surface area contributed by atoms with Crippen molar-refractivity contribution in [2.75, 3.05) is 23.8 Å². The summed E-state index contributed by atoms with van der Waals surface area (Å²) in [5.41, 5.74) is 0.911. The monoisotopic (exact) mass is 362 g/mol. The van der Waals surface area contributed by atoms with E-state index >= 15 is 0 Å². The van der Waals surface area contributed by atoms with Crippen LogP contribution in [0.25, 0.3) is 0 Å². The Kier molecular flexibility index (Phi) is 6.00. The van der Waals surface area contributed by atoms with Gasteiger partial charge in [0.15, 0.2) is 0 Å². The minimum atomic E-state index is -0.326. The maximum atomic E-state index is 11.0. The van der Waals surface area contributed by atoms with Crippen LogP contribution < -0.4 is 5.32 Å². The van der Waals surface area contributed by atoms with E-state index in [4.69, 9.17) is 0 Å². The van der Waals surface area contributed by atoms with Gasteiger partial charge in [-0.1, -0.05) is 15.9 Å². The summed E-state index contributed by atoms with van der Waals surface area (Å²) in [5.74, 6) is 3.61. The van der Waals surface area contributed by atoms with Gasteiger partial charge in [-0.3, -0.25) is 10.1 Å². The molecule has 1 aromatic rings. The minimum Gasteiger partial charge on any atom is -0.311 e. The molecular weight excluding hydrogens is 348 g/mol. The Morgan fingerprint density at radius 1 is 1.47 bits per heavy atom. The normalized spacial score (nSPS) is 19.3. The molecule has 1 aromatic carbocycles. The van der Waals surface area contributed by atoms with Crippen molar-refractivity contribution in [1.29, 1.82) is 0 Å². The van der Waals surface area contributed by atoms with Crippen LogP contribution in [0.3, 0.4) is 0 Å². The van der Waals surface area contributed by atoms with Crippen LogP contribution in [0.15, 0.2) is 22.7 Å². The molecule has 1 fully saturated rings. The maximum absolute atomic E-state index is 11.0. The molecule has 1 N–H and O–H groups in total. The van der Waals surface area contributed by atoms with E-state index in [1.54, 1.807) is 12.1 Å². The van der Waals surface area contributed by atoms with Crippen molar-refractivity contribution in [2.24, 2.45) is 0 Å². The second kappa shape index (κ2) is 7.52. The fraction of sp³-hybridized carbons (Fsp3) is 0.500. The molecule has 19 heavy (non-hydrogen) atoms. The highest BCUT2D eigenvalue weighted by Gasteiger charge is 2.16. The van der Waals surface area contributed by atoms with Crippen molar-refractivity contribution in [3.63, 3.8) is 0 Å². The van der Waals surface area contributed by atoms with Crippen LogP contribution in [0.5, 0.6) is 0 Å². The molecule has 7 heteroatoms. The number of thioether (sulfide) groups is 2. The van der Waals surface area contributed by atoms with Crippen molar-refractivity contribution >= 4 is 45.1 Å². The Morgan fingerprint density at radius 2 is 2.32 bits per heavy atom. The second-order valence-electron chi connectivity index (χ2n) is 4.23. The Hall–Kier alpha value is -0.240. The summed E-state index contributed by atoms with van der Waals surface area (Å²) in [4.78, 5) is 10.7. The van der Waals surface area contributed by atoms with E-state index in [1.165, 1.54) is 17.3 Å². The first-order valence-corrected chi connectivity index (χ1v) is 8.99. The first kappa shape index (κ1) is 15.2. The molecule has 0 saturated carbocycles. The van der Waals surface area contributed by atoms with Crippen LogP contribution in [0, 0.1) is 10.1 Å². The molecule has 4 nitrogen and oxygen atoms in total. The van der Waals surface area contributed by atoms with E-state index in [0.717, 1.165) is 16.6 Å². The van der Waals surface area contributed by atoms with Gasteiger partial charge in [0.1, 0.15) is 0 Å². The molecule has 0 aromatic heterocycles. The SMILES string of the molecule is O=[N+]([O-])c1cc(Br)ccc1CNCC1CSCCS1. The fourth-order valence-electron chi connectivity index (χ4n) is 1.88. The third-order valence-electron chi connectivity index (χ3n) is 2.82. The Bertz CT molecular complexity index is 453. The topological polar surface area (TPSA) is 55.2 Å². The highest BCUT2D eigenvalue weighted by atomic mass is 79.9. The number of halogens is 1. The average molecular weight is 363 g/mol. The van der Waals surface area contributed by atoms with Gasteiger partial charge < -0.3 is 5.32 Å². The van der Waals surface area contributed by atoms with Crippen molar-refractivity contribution in [3.8, 4) is 0 Å². The number of rotatable bonds is 5. The molecule has 0 amide bonds. The predicted octanol–water partition coefficient (Wildman–Crippen LogP) is 3.30. The van der Waals surface area contributed by atoms with Gasteiger partial charge in [-0.2, -0.15) is 23.5 Å². The first-order chi connectivity index (χ1) is 9.16. The number of hydrogen-bond donors (Lipinski definition) is 1. The molecule has 1 atom stereocenters. The zero-order chi connectivity index (χ0) is 13.7. The fourth-order valence-corrected chi connectivity index (χ4v) is 4.87. The van der Waals surface area contributed by atoms with Gasteiger partial charge in [0, 0.05) is 51.7 Å². The Morgan fingerprint density at radius 3 is 3.00 bits per heavy atom. The summed E-state index contributed by atoms with van der Waals surface area (Å²) in [6.45, 7) is 1.45. The van der Waals surface area contributed by atoms with Crippen LogP contribution in [0.1, 0.15) is 5.56 Å². The summed E-state index contributed by atoms with van der Waals surface area (Å²) >= 11 is 7.23. The molecular formula is C12H15BrN2O2S2. The molecule has 1 saturated heterocycles. The standard InChI is InChI=1S/C12H15BrN2O2S2/c13-10-2-1-9(12(5-10)15(16)17)6-14-7-11-8-18-3-4-19-11/h1-2,5,11,14H,3-4,6-8H2. The van der Waals surface area contributed by atoms with Crippen LogP contribution in [0.2, 0.25) is 0 Å². The largest absolute Gasteiger partial charge is 0.311 e. The summed E-state index contributed by atoms with van der Waals surface area (Å²) < 4.78 is 0.738. The molecule has 0 radical (unpaired) electrons. The lowest BCUT2D eigenvalue weighted by Crippen LogP contribution is -2.28. The van der Waals surface area contributed by atoms with Gasteiger partial charge >= 0.3 is 0 Å². The smallest absolute Gasteiger partial charge is 0.275 e. The number of nitrogens with zero attached hydrogens (tertiary/aromatic N) is 1. The lowest BCUT2D eigenvalue weighted by Gasteiger charge is -2.21. The highest BCUT2D eigenvalue weighted by molar-refractivity contribution is 9.10. The lowest BCUT2D eigenvalue weighted by atomic mass is 10.2. The quantitative estimate of drug-likeness (QED) is 0.643. The third kappa shape index (κ3) is 4.66. The van der Waals surface area contributed by atoms with Crippen LogP contribution in [-0.4, -0.2) is 34.0 Å². The Balaban J connectivity index is 1.89. The molecule has 1 aliphatic heterocycles. The number of hydrogen-bond acceptors (Lipinski definition) is 5. The zero-order valence-corrected chi connectivity index (χ0v) is 13.5. The van der Waals surface area contributed by atoms with Gasteiger partial charge in [-0.25, -0.2) is 0 Å². The number of nitro benzene ring substituents is 1. The van der Waals surface area contributed by atoms with E-state index in [9.17, 15) is 10.1 Å². The first-order valence-electron chi connectivity index (χ1n) is 5.99. The summed E-state index contributed by atoms with van der Waals surface area (Å²) in [5, 5.41) is 14.9. The molecule has 104 valence electrons. The van der Waals surface area contributed by atoms with Crippen LogP contribution >= 0.6 is 39.5 Å². The van der Waals surface area contributed by atoms with Gasteiger partial charge in [0.25, 0.3) is 5.69 Å². The Labute approximate surface area is 129 Å². The van der Waals surface area contributed by atoms with E-state index in [0.29, 0.717) is 11.8 Å². The molecule has 1 aliphatic rings. The summed E-state index contributed by atoms with van der Waals surface area (Å²) in [6.07, 6.45) is 0. The summed E-state index contributed by atoms with van der Waals surface area (Å²) in [6, 6.07) is 5.20. The molecule has 0 spiro atoms. The molecule has 1 heterocycles. The average Bonchev–Trinajstić information content (AvgIpc) is 2.41. The van der Waals surface area contributed by atoms with Crippen LogP contribution in [0.4, 0.5) is 5.69 Å². The molecule has 1 unspecified atom stereocenters. The second-order valence-corrected chi connectivity index (χ2v) is 7.70. The molecule has 0 bridgehead atoms.